The second-order valence-corrected chi connectivity index (χ2v) is 19.2. The number of benzene rings is 3. The molecule has 0 atom stereocenters. The minimum atomic E-state index is -0.337. The molecule has 0 aliphatic heterocycles. The van der Waals surface area contributed by atoms with Crippen LogP contribution in [0.3, 0.4) is 0 Å². The number of allylic oxidation sites excluding steroid dienone is 2. The number of aromatic nitrogens is 1. The number of carbonyl (C=O) groups excluding carboxylic acids is 1. The van der Waals surface area contributed by atoms with Gasteiger partial charge in [0.1, 0.15) is 5.76 Å². The molecule has 0 aliphatic carbocycles. The van der Waals surface area contributed by atoms with Gasteiger partial charge in [-0.2, -0.15) is 0 Å². The summed E-state index contributed by atoms with van der Waals surface area (Å²) in [5.74, 6) is 0.933. The maximum absolute atomic E-state index is 12.2. The van der Waals surface area contributed by atoms with E-state index in [1.54, 1.807) is 0 Å². The fourth-order valence-corrected chi connectivity index (χ4v) is 9.56. The Morgan fingerprint density at radius 3 is 2.09 bits per heavy atom. The van der Waals surface area contributed by atoms with Crippen LogP contribution in [0.2, 0.25) is 0 Å². The van der Waals surface area contributed by atoms with E-state index in [0.29, 0.717) is 5.92 Å². The molecule has 6 rings (SSSR count). The smallest absolute Gasteiger partial charge is 0.164 e. The van der Waals surface area contributed by atoms with E-state index in [1.807, 2.05) is 70.4 Å². The van der Waals surface area contributed by atoms with Gasteiger partial charge in [-0.3, -0.25) is 9.78 Å². The van der Waals surface area contributed by atoms with Crippen molar-refractivity contribution in [3.63, 3.8) is 0 Å². The van der Waals surface area contributed by atoms with Crippen molar-refractivity contribution in [3.05, 3.63) is 101 Å². The maximum Gasteiger partial charge on any atom is 0.164 e. The average molecular weight is 951 g/mol. The molecule has 295 valence electrons. The zero-order chi connectivity index (χ0) is 39.6. The molecule has 6 aromatic rings. The van der Waals surface area contributed by atoms with Crippen molar-refractivity contribution in [2.24, 2.45) is 16.7 Å². The summed E-state index contributed by atoms with van der Waals surface area (Å²) in [5.41, 5.74) is 5.72. The SMILES string of the molecule is CCC(C)(CC)C(=O)/C=C(\O)C(C)(CC)CC.Cc1sc2c(-c3cc4ccnc(-c5[c-]c6ccccc6c(C(C)(C)C)c5)c4s3)cccc2c1CC(C)C.[Ir]. The molecule has 1 radical (unpaired) electrons. The van der Waals surface area contributed by atoms with Crippen molar-refractivity contribution in [3.8, 4) is 21.7 Å². The summed E-state index contributed by atoms with van der Waals surface area (Å²) in [4.78, 5) is 19.8. The zero-order valence-corrected chi connectivity index (χ0v) is 39.0. The molecule has 0 spiro atoms. The Hall–Kier alpha value is -3.15. The van der Waals surface area contributed by atoms with Gasteiger partial charge in [0, 0.05) is 73.6 Å². The monoisotopic (exact) mass is 951 g/mol. The largest absolute Gasteiger partial charge is 0.512 e. The van der Waals surface area contributed by atoms with Crippen molar-refractivity contribution < 1.29 is 30.0 Å². The third-order valence-corrected chi connectivity index (χ3v) is 14.2. The number of hydrogen-bond donors (Lipinski definition) is 1. The van der Waals surface area contributed by atoms with Gasteiger partial charge in [0.15, 0.2) is 5.78 Å². The number of aliphatic hydroxyl groups is 1. The summed E-state index contributed by atoms with van der Waals surface area (Å²) < 4.78 is 2.64. The third-order valence-electron chi connectivity index (χ3n) is 11.8. The van der Waals surface area contributed by atoms with Crippen LogP contribution in [0.25, 0.3) is 52.6 Å². The van der Waals surface area contributed by atoms with Gasteiger partial charge < -0.3 is 5.11 Å². The van der Waals surface area contributed by atoms with Gasteiger partial charge >= 0.3 is 0 Å². The third kappa shape index (κ3) is 9.36. The van der Waals surface area contributed by atoms with E-state index < -0.39 is 0 Å². The van der Waals surface area contributed by atoms with Gasteiger partial charge in [0.05, 0.1) is 0 Å². The molecule has 0 bridgehead atoms. The summed E-state index contributed by atoms with van der Waals surface area (Å²) in [6.45, 7) is 25.8. The maximum atomic E-state index is 12.2. The van der Waals surface area contributed by atoms with Crippen LogP contribution in [0.4, 0.5) is 0 Å². The molecule has 0 amide bonds. The molecule has 3 aromatic carbocycles. The Morgan fingerprint density at radius 1 is 0.836 bits per heavy atom. The van der Waals surface area contributed by atoms with Crippen molar-refractivity contribution >= 4 is 59.4 Å². The van der Waals surface area contributed by atoms with Crippen molar-refractivity contribution in [2.45, 2.75) is 121 Å². The molecule has 3 heterocycles. The first kappa shape index (κ1) is 44.6. The van der Waals surface area contributed by atoms with Gasteiger partial charge in [0.25, 0.3) is 0 Å². The minimum Gasteiger partial charge on any atom is -0.512 e. The fourth-order valence-electron chi connectivity index (χ4n) is 7.10. The van der Waals surface area contributed by atoms with Gasteiger partial charge in [0.2, 0.25) is 0 Å². The van der Waals surface area contributed by atoms with Crippen LogP contribution in [0.15, 0.2) is 78.7 Å². The van der Waals surface area contributed by atoms with Crippen molar-refractivity contribution in [1.82, 2.24) is 4.98 Å². The fraction of sp³-hybridized carbons (Fsp3) is 0.429. The molecule has 0 saturated carbocycles. The van der Waals surface area contributed by atoms with Crippen molar-refractivity contribution in [2.75, 3.05) is 0 Å². The number of fused-ring (bicyclic) bond motifs is 3. The van der Waals surface area contributed by atoms with Crippen LogP contribution >= 0.6 is 22.7 Å². The molecular weight excluding hydrogens is 891 g/mol. The number of rotatable bonds is 11. The Bertz CT molecular complexity index is 2290. The van der Waals surface area contributed by atoms with Gasteiger partial charge in [-0.05, 0) is 78.8 Å². The van der Waals surface area contributed by atoms with E-state index in [2.05, 4.69) is 108 Å². The van der Waals surface area contributed by atoms with E-state index in [1.165, 1.54) is 58.1 Å². The number of aryl methyl sites for hydroxylation is 1. The standard InChI is InChI=1S/C34H32NS2.C15H28O2.Ir/c1-20(2)16-28-21(3)36-33-26(28)12-9-13-27(33)30-19-23-14-15-35-31(32(23)37-30)24-17-22-10-7-8-11-25(22)29(18-24)34(4,5)6;1-7-14(5,8-2)12(16)11-13(17)15(6,9-3)10-4;/h7-15,18-20H,16H2,1-6H3;11,16H,7-10H2,1-6H3;/q-1;;/b;12-11-;. The summed E-state index contributed by atoms with van der Waals surface area (Å²) >= 11 is 3.80. The van der Waals surface area contributed by atoms with Crippen LogP contribution in [0.5, 0.6) is 0 Å². The summed E-state index contributed by atoms with van der Waals surface area (Å²) in [6, 6.07) is 25.9. The number of thiophene rings is 2. The Labute approximate surface area is 352 Å². The molecule has 0 saturated heterocycles. The predicted octanol–water partition coefficient (Wildman–Crippen LogP) is 15.3. The average Bonchev–Trinajstić information content (AvgIpc) is 3.73. The van der Waals surface area contributed by atoms with E-state index in [0.717, 1.165) is 48.7 Å². The number of ketones is 1. The predicted molar refractivity (Wildman–Crippen MR) is 237 cm³/mol. The van der Waals surface area contributed by atoms with Gasteiger partial charge in [-0.25, -0.2) is 0 Å². The minimum absolute atomic E-state index is 0. The summed E-state index contributed by atoms with van der Waals surface area (Å²) in [7, 11) is 0. The normalized spacial score (nSPS) is 12.6. The van der Waals surface area contributed by atoms with Crippen LogP contribution in [0.1, 0.15) is 118 Å². The quantitative estimate of drug-likeness (QED) is 0.0800. The molecule has 3 aromatic heterocycles. The Kier molecular flexibility index (Phi) is 14.6. The first-order valence-electron chi connectivity index (χ1n) is 19.8. The number of hydrogen-bond acceptors (Lipinski definition) is 5. The molecule has 1 N–H and O–H groups in total. The Morgan fingerprint density at radius 2 is 1.47 bits per heavy atom. The van der Waals surface area contributed by atoms with Crippen LogP contribution in [-0.4, -0.2) is 15.9 Å². The first-order chi connectivity index (χ1) is 25.5. The number of nitrogens with zero attached hydrogens (tertiary/aromatic N) is 1. The second-order valence-electron chi connectivity index (χ2n) is 16.9. The second kappa shape index (κ2) is 18.0. The molecular formula is C49H60IrNO2S2-. The molecule has 0 fully saturated rings. The Balaban J connectivity index is 0.000000320. The topological polar surface area (TPSA) is 50.2 Å². The van der Waals surface area contributed by atoms with E-state index in [4.69, 9.17) is 4.98 Å². The van der Waals surface area contributed by atoms with Crippen LogP contribution in [-0.2, 0) is 36.7 Å². The van der Waals surface area contributed by atoms with E-state index >= 15 is 0 Å². The molecule has 0 aliphatic rings. The van der Waals surface area contributed by atoms with Gasteiger partial charge in [-0.15, -0.1) is 51.8 Å². The van der Waals surface area contributed by atoms with E-state index in [-0.39, 0.29) is 47.9 Å². The number of aliphatic hydroxyl groups excluding tert-OH is 1. The number of carbonyl (C=O) groups is 1. The molecule has 0 unspecified atom stereocenters. The molecule has 6 heteroatoms. The number of pyridine rings is 1. The summed E-state index contributed by atoms with van der Waals surface area (Å²) in [5, 5.41) is 15.2. The first-order valence-corrected chi connectivity index (χ1v) is 21.4. The van der Waals surface area contributed by atoms with Gasteiger partial charge in [-0.1, -0.05) is 124 Å². The van der Waals surface area contributed by atoms with Crippen molar-refractivity contribution in [1.29, 1.82) is 0 Å². The van der Waals surface area contributed by atoms with Crippen LogP contribution in [0, 0.1) is 29.7 Å². The molecule has 55 heavy (non-hydrogen) atoms. The summed E-state index contributed by atoms with van der Waals surface area (Å²) in [6.07, 6.45) is 7.83. The molecule has 3 nitrogen and oxygen atoms in total. The zero-order valence-electron chi connectivity index (χ0n) is 35.0. The van der Waals surface area contributed by atoms with Crippen LogP contribution < -0.4 is 0 Å². The van der Waals surface area contributed by atoms with E-state index in [9.17, 15) is 9.90 Å².